The molecule has 3 aromatic rings. The van der Waals surface area contributed by atoms with Gasteiger partial charge < -0.3 is 10.6 Å². The lowest BCUT2D eigenvalue weighted by Gasteiger charge is -2.13. The van der Waals surface area contributed by atoms with Gasteiger partial charge in [0.15, 0.2) is 9.84 Å². The first kappa shape index (κ1) is 18.7. The minimum Gasteiger partial charge on any atom is -0.376 e. The Morgan fingerprint density at radius 2 is 1.41 bits per heavy atom. The van der Waals surface area contributed by atoms with E-state index in [9.17, 15) is 13.2 Å². The van der Waals surface area contributed by atoms with Crippen LogP contribution >= 0.6 is 0 Å². The zero-order chi connectivity index (χ0) is 19.3. The van der Waals surface area contributed by atoms with Crippen molar-refractivity contribution in [1.29, 1.82) is 0 Å². The van der Waals surface area contributed by atoms with E-state index in [0.717, 1.165) is 23.1 Å². The van der Waals surface area contributed by atoms with Crippen molar-refractivity contribution >= 4 is 27.1 Å². The van der Waals surface area contributed by atoms with Crippen LogP contribution in [0.3, 0.4) is 0 Å². The maximum absolute atomic E-state index is 12.3. The second kappa shape index (κ2) is 8.05. The number of carbonyl (C=O) groups excluding carboxylic acids is 1. The number of para-hydroxylation sites is 2. The SMILES string of the molecule is CS(=O)(=O)c1ccccc1NC(=O)CNc1ccccc1-c1ccccc1. The fourth-order valence-corrected chi connectivity index (χ4v) is 3.61. The molecule has 6 heteroatoms. The van der Waals surface area contributed by atoms with Gasteiger partial charge in [-0.15, -0.1) is 0 Å². The van der Waals surface area contributed by atoms with Gasteiger partial charge >= 0.3 is 0 Å². The Hall–Kier alpha value is -3.12. The Labute approximate surface area is 159 Å². The highest BCUT2D eigenvalue weighted by Gasteiger charge is 2.14. The molecule has 0 aliphatic rings. The summed E-state index contributed by atoms with van der Waals surface area (Å²) in [6, 6.07) is 24.0. The summed E-state index contributed by atoms with van der Waals surface area (Å²) in [6.07, 6.45) is 1.12. The average molecular weight is 380 g/mol. The van der Waals surface area contributed by atoms with Crippen LogP contribution in [0.4, 0.5) is 11.4 Å². The first-order chi connectivity index (χ1) is 12.9. The highest BCUT2D eigenvalue weighted by molar-refractivity contribution is 7.90. The van der Waals surface area contributed by atoms with Crippen molar-refractivity contribution in [2.24, 2.45) is 0 Å². The van der Waals surface area contributed by atoms with Crippen LogP contribution < -0.4 is 10.6 Å². The van der Waals surface area contributed by atoms with E-state index >= 15 is 0 Å². The Kier molecular flexibility index (Phi) is 5.57. The molecule has 0 radical (unpaired) electrons. The minimum atomic E-state index is -3.42. The number of amides is 1. The van der Waals surface area contributed by atoms with Gasteiger partial charge in [0.25, 0.3) is 0 Å². The van der Waals surface area contributed by atoms with Crippen molar-refractivity contribution in [3.8, 4) is 11.1 Å². The van der Waals surface area contributed by atoms with E-state index in [2.05, 4.69) is 10.6 Å². The van der Waals surface area contributed by atoms with Crippen molar-refractivity contribution < 1.29 is 13.2 Å². The summed E-state index contributed by atoms with van der Waals surface area (Å²) in [5.74, 6) is -0.325. The van der Waals surface area contributed by atoms with Gasteiger partial charge in [-0.3, -0.25) is 4.79 Å². The zero-order valence-electron chi connectivity index (χ0n) is 14.8. The monoisotopic (exact) mass is 380 g/mol. The fourth-order valence-electron chi connectivity index (χ4n) is 2.77. The lowest BCUT2D eigenvalue weighted by Crippen LogP contribution is -2.23. The quantitative estimate of drug-likeness (QED) is 0.682. The summed E-state index contributed by atoms with van der Waals surface area (Å²) in [5, 5.41) is 5.79. The standard InChI is InChI=1S/C21H20N2O3S/c1-27(25,26)20-14-8-7-13-19(20)23-21(24)15-22-18-12-6-5-11-17(18)16-9-3-2-4-10-16/h2-14,22H,15H2,1H3,(H,23,24). The van der Waals surface area contributed by atoms with Gasteiger partial charge in [-0.2, -0.15) is 0 Å². The number of rotatable bonds is 6. The second-order valence-corrected chi connectivity index (χ2v) is 8.07. The first-order valence-corrected chi connectivity index (χ1v) is 10.3. The minimum absolute atomic E-state index is 0.0158. The van der Waals surface area contributed by atoms with Crippen LogP contribution in [0.5, 0.6) is 0 Å². The van der Waals surface area contributed by atoms with Crippen LogP contribution in [0.15, 0.2) is 83.8 Å². The van der Waals surface area contributed by atoms with Gasteiger partial charge in [0.1, 0.15) is 0 Å². The Morgan fingerprint density at radius 1 is 0.815 bits per heavy atom. The first-order valence-electron chi connectivity index (χ1n) is 8.42. The summed E-state index contributed by atoms with van der Waals surface area (Å²) in [7, 11) is -3.42. The van der Waals surface area contributed by atoms with Crippen LogP contribution in [-0.4, -0.2) is 27.1 Å². The Morgan fingerprint density at radius 3 is 2.11 bits per heavy atom. The molecule has 0 aliphatic carbocycles. The largest absolute Gasteiger partial charge is 0.376 e. The van der Waals surface area contributed by atoms with Crippen molar-refractivity contribution in [2.45, 2.75) is 4.90 Å². The molecule has 2 N–H and O–H groups in total. The summed E-state index contributed by atoms with van der Waals surface area (Å²) in [6.45, 7) is 0.0158. The van der Waals surface area contributed by atoms with E-state index in [1.165, 1.54) is 6.07 Å². The van der Waals surface area contributed by atoms with Crippen molar-refractivity contribution in [2.75, 3.05) is 23.4 Å². The molecule has 0 atom stereocenters. The molecule has 5 nitrogen and oxygen atoms in total. The van der Waals surface area contributed by atoms with E-state index in [1.807, 2.05) is 54.6 Å². The van der Waals surface area contributed by atoms with Crippen molar-refractivity contribution in [1.82, 2.24) is 0 Å². The predicted molar refractivity (Wildman–Crippen MR) is 109 cm³/mol. The molecule has 27 heavy (non-hydrogen) atoms. The van der Waals surface area contributed by atoms with Gasteiger partial charge in [0.2, 0.25) is 5.91 Å². The molecule has 0 aliphatic heterocycles. The molecule has 0 aromatic heterocycles. The number of carbonyl (C=O) groups is 1. The molecule has 0 heterocycles. The number of sulfone groups is 1. The number of anilines is 2. The highest BCUT2D eigenvalue weighted by atomic mass is 32.2. The van der Waals surface area contributed by atoms with E-state index < -0.39 is 9.84 Å². The van der Waals surface area contributed by atoms with Crippen molar-refractivity contribution in [3.05, 3.63) is 78.9 Å². The highest BCUT2D eigenvalue weighted by Crippen LogP contribution is 2.27. The zero-order valence-corrected chi connectivity index (χ0v) is 15.7. The maximum atomic E-state index is 12.3. The summed E-state index contributed by atoms with van der Waals surface area (Å²) < 4.78 is 23.7. The average Bonchev–Trinajstić information content (AvgIpc) is 2.67. The third-order valence-electron chi connectivity index (χ3n) is 4.01. The summed E-state index contributed by atoms with van der Waals surface area (Å²) in [4.78, 5) is 12.4. The van der Waals surface area contributed by atoms with Gasteiger partial charge in [-0.1, -0.05) is 60.7 Å². The van der Waals surface area contributed by atoms with E-state index in [4.69, 9.17) is 0 Å². The van der Waals surface area contributed by atoms with Crippen LogP contribution in [-0.2, 0) is 14.6 Å². The molecule has 0 bridgehead atoms. The van der Waals surface area contributed by atoms with Gasteiger partial charge in [-0.25, -0.2) is 8.42 Å². The van der Waals surface area contributed by atoms with E-state index in [0.29, 0.717) is 0 Å². The molecule has 3 rings (SSSR count). The molecule has 0 saturated heterocycles. The molecule has 0 unspecified atom stereocenters. The molecule has 0 fully saturated rings. The number of nitrogens with one attached hydrogen (secondary N) is 2. The van der Waals surface area contributed by atoms with Crippen LogP contribution in [0.2, 0.25) is 0 Å². The molecule has 0 spiro atoms. The Balaban J connectivity index is 1.73. The molecule has 138 valence electrons. The van der Waals surface area contributed by atoms with Gasteiger partial charge in [0.05, 0.1) is 17.1 Å². The lowest BCUT2D eigenvalue weighted by molar-refractivity contribution is -0.114. The number of hydrogen-bond acceptors (Lipinski definition) is 4. The molecule has 0 saturated carbocycles. The third kappa shape index (κ3) is 4.74. The lowest BCUT2D eigenvalue weighted by atomic mass is 10.0. The molecule has 1 amide bonds. The normalized spacial score (nSPS) is 11.0. The number of hydrogen-bond donors (Lipinski definition) is 2. The summed E-state index contributed by atoms with van der Waals surface area (Å²) in [5.41, 5.74) is 3.14. The topological polar surface area (TPSA) is 75.3 Å². The molecular formula is C21H20N2O3S. The second-order valence-electron chi connectivity index (χ2n) is 6.08. The van der Waals surface area contributed by atoms with Crippen LogP contribution in [0, 0.1) is 0 Å². The van der Waals surface area contributed by atoms with Crippen LogP contribution in [0.25, 0.3) is 11.1 Å². The molecular weight excluding hydrogens is 360 g/mol. The third-order valence-corrected chi connectivity index (χ3v) is 5.17. The smallest absolute Gasteiger partial charge is 0.243 e. The van der Waals surface area contributed by atoms with E-state index in [1.54, 1.807) is 18.2 Å². The van der Waals surface area contributed by atoms with E-state index in [-0.39, 0.29) is 23.0 Å². The fraction of sp³-hybridized carbons (Fsp3) is 0.0952. The number of benzene rings is 3. The van der Waals surface area contributed by atoms with Crippen molar-refractivity contribution in [3.63, 3.8) is 0 Å². The molecule has 3 aromatic carbocycles. The predicted octanol–water partition coefficient (Wildman–Crippen LogP) is 3.81. The van der Waals surface area contributed by atoms with Crippen LogP contribution in [0.1, 0.15) is 0 Å². The van der Waals surface area contributed by atoms with Gasteiger partial charge in [0, 0.05) is 17.5 Å². The van der Waals surface area contributed by atoms with Gasteiger partial charge in [-0.05, 0) is 23.8 Å². The Bertz CT molecular complexity index is 1050. The summed E-state index contributed by atoms with van der Waals surface area (Å²) >= 11 is 0. The maximum Gasteiger partial charge on any atom is 0.243 e.